The molecule has 1 aromatic carbocycles. The van der Waals surface area contributed by atoms with E-state index in [1.54, 1.807) is 0 Å². The van der Waals surface area contributed by atoms with Crippen LogP contribution < -0.4 is 5.32 Å². The van der Waals surface area contributed by atoms with E-state index < -0.39 is 0 Å². The molecule has 1 aliphatic carbocycles. The molecule has 1 atom stereocenters. The lowest BCUT2D eigenvalue weighted by Gasteiger charge is -2.33. The topological polar surface area (TPSA) is 15.3 Å². The Morgan fingerprint density at radius 1 is 1.21 bits per heavy atom. The third-order valence-corrected chi connectivity index (χ3v) is 4.35. The van der Waals surface area contributed by atoms with Crippen molar-refractivity contribution in [3.63, 3.8) is 0 Å². The van der Waals surface area contributed by atoms with E-state index in [9.17, 15) is 0 Å². The van der Waals surface area contributed by atoms with Gasteiger partial charge in [-0.15, -0.1) is 0 Å². The van der Waals surface area contributed by atoms with Crippen molar-refractivity contribution in [2.75, 3.05) is 19.6 Å². The number of rotatable bonds is 5. The predicted octanol–water partition coefficient (Wildman–Crippen LogP) is 2.75. The summed E-state index contributed by atoms with van der Waals surface area (Å²) in [6.07, 6.45) is 6.73. The van der Waals surface area contributed by atoms with E-state index >= 15 is 0 Å². The lowest BCUT2D eigenvalue weighted by Crippen LogP contribution is -2.46. The van der Waals surface area contributed by atoms with Crippen LogP contribution in [0.2, 0.25) is 0 Å². The Kier molecular flexibility index (Phi) is 4.19. The molecular weight excluding hydrogens is 232 g/mol. The highest BCUT2D eigenvalue weighted by molar-refractivity contribution is 5.22. The van der Waals surface area contributed by atoms with Crippen LogP contribution in [0.4, 0.5) is 0 Å². The van der Waals surface area contributed by atoms with Crippen LogP contribution in [0, 0.1) is 6.92 Å². The molecule has 2 heteroatoms. The summed E-state index contributed by atoms with van der Waals surface area (Å²) in [7, 11) is 0. The third kappa shape index (κ3) is 4.05. The molecule has 0 bridgehead atoms. The second kappa shape index (κ2) is 6.06. The van der Waals surface area contributed by atoms with Crippen LogP contribution in [0.1, 0.15) is 36.8 Å². The molecule has 19 heavy (non-hydrogen) atoms. The molecule has 1 N–H and O–H groups in total. The van der Waals surface area contributed by atoms with Gasteiger partial charge in [0.25, 0.3) is 0 Å². The van der Waals surface area contributed by atoms with Gasteiger partial charge in [0, 0.05) is 25.2 Å². The lowest BCUT2D eigenvalue weighted by molar-refractivity contribution is 0.191. The standard InChI is InChI=1S/C17H26N2/c1-14-4-2-5-15(12-14)9-11-19-10-3-6-17(13-19)18-16-7-8-16/h2,4-5,12,16-18H,3,6-11,13H2,1H3. The Balaban J connectivity index is 1.46. The average Bonchev–Trinajstić information content (AvgIpc) is 3.21. The number of hydrogen-bond donors (Lipinski definition) is 1. The Bertz CT molecular complexity index is 411. The fraction of sp³-hybridized carbons (Fsp3) is 0.647. The van der Waals surface area contributed by atoms with Gasteiger partial charge in [-0.25, -0.2) is 0 Å². The first-order valence-electron chi connectivity index (χ1n) is 7.83. The molecule has 2 nitrogen and oxygen atoms in total. The largest absolute Gasteiger partial charge is 0.310 e. The quantitative estimate of drug-likeness (QED) is 0.873. The van der Waals surface area contributed by atoms with Crippen molar-refractivity contribution in [1.82, 2.24) is 10.2 Å². The summed E-state index contributed by atoms with van der Waals surface area (Å²) in [5, 5.41) is 3.79. The highest BCUT2D eigenvalue weighted by atomic mass is 15.2. The summed E-state index contributed by atoms with van der Waals surface area (Å²) in [6.45, 7) is 5.93. The van der Waals surface area contributed by atoms with Crippen LogP contribution in [0.3, 0.4) is 0 Å². The van der Waals surface area contributed by atoms with Gasteiger partial charge < -0.3 is 10.2 Å². The smallest absolute Gasteiger partial charge is 0.0198 e. The molecule has 1 saturated carbocycles. The fourth-order valence-corrected chi connectivity index (χ4v) is 3.13. The van der Waals surface area contributed by atoms with Gasteiger partial charge in [0.05, 0.1) is 0 Å². The number of nitrogens with one attached hydrogen (secondary N) is 1. The van der Waals surface area contributed by atoms with Gasteiger partial charge in [0.2, 0.25) is 0 Å². The van der Waals surface area contributed by atoms with Crippen LogP contribution in [0.15, 0.2) is 24.3 Å². The first kappa shape index (κ1) is 13.1. The van der Waals surface area contributed by atoms with E-state index in [1.165, 1.54) is 62.9 Å². The summed E-state index contributed by atoms with van der Waals surface area (Å²) in [6, 6.07) is 10.5. The number of nitrogens with zero attached hydrogens (tertiary/aromatic N) is 1. The van der Waals surface area contributed by atoms with Crippen molar-refractivity contribution in [2.45, 2.75) is 51.1 Å². The third-order valence-electron chi connectivity index (χ3n) is 4.35. The minimum atomic E-state index is 0.749. The lowest BCUT2D eigenvalue weighted by atomic mass is 10.0. The molecule has 3 rings (SSSR count). The molecule has 1 heterocycles. The monoisotopic (exact) mass is 258 g/mol. The first-order chi connectivity index (χ1) is 9.29. The van der Waals surface area contributed by atoms with Crippen LogP contribution in [-0.2, 0) is 6.42 Å². The molecule has 1 aliphatic heterocycles. The van der Waals surface area contributed by atoms with Gasteiger partial charge in [-0.1, -0.05) is 29.8 Å². The first-order valence-corrected chi connectivity index (χ1v) is 7.83. The van der Waals surface area contributed by atoms with Crippen molar-refractivity contribution in [1.29, 1.82) is 0 Å². The number of benzene rings is 1. The summed E-state index contributed by atoms with van der Waals surface area (Å²) in [5.41, 5.74) is 2.86. The molecule has 0 radical (unpaired) electrons. The van der Waals surface area contributed by atoms with E-state index in [0.29, 0.717) is 0 Å². The number of likely N-dealkylation sites (tertiary alicyclic amines) is 1. The zero-order chi connectivity index (χ0) is 13.1. The fourth-order valence-electron chi connectivity index (χ4n) is 3.13. The number of piperidine rings is 1. The maximum atomic E-state index is 3.79. The molecule has 1 unspecified atom stereocenters. The highest BCUT2D eigenvalue weighted by Gasteiger charge is 2.27. The van der Waals surface area contributed by atoms with Gasteiger partial charge in [-0.2, -0.15) is 0 Å². The molecule has 2 fully saturated rings. The van der Waals surface area contributed by atoms with Gasteiger partial charge >= 0.3 is 0 Å². The Hall–Kier alpha value is -0.860. The van der Waals surface area contributed by atoms with Crippen LogP contribution >= 0.6 is 0 Å². The average molecular weight is 258 g/mol. The van der Waals surface area contributed by atoms with Gasteiger partial charge in [-0.3, -0.25) is 0 Å². The molecule has 1 aromatic rings. The van der Waals surface area contributed by atoms with Gasteiger partial charge in [0.15, 0.2) is 0 Å². The Morgan fingerprint density at radius 3 is 2.89 bits per heavy atom. The minimum Gasteiger partial charge on any atom is -0.310 e. The Labute approximate surface area is 117 Å². The summed E-state index contributed by atoms with van der Waals surface area (Å²) < 4.78 is 0. The molecular formula is C17H26N2. The Morgan fingerprint density at radius 2 is 2.11 bits per heavy atom. The summed E-state index contributed by atoms with van der Waals surface area (Å²) in [4.78, 5) is 2.64. The second-order valence-corrected chi connectivity index (χ2v) is 6.32. The van der Waals surface area contributed by atoms with Crippen LogP contribution in [0.25, 0.3) is 0 Å². The summed E-state index contributed by atoms with van der Waals surface area (Å²) in [5.74, 6) is 0. The van der Waals surface area contributed by atoms with Gasteiger partial charge in [0.1, 0.15) is 0 Å². The molecule has 104 valence electrons. The van der Waals surface area contributed by atoms with Crippen LogP contribution in [-0.4, -0.2) is 36.6 Å². The number of aryl methyl sites for hydroxylation is 1. The zero-order valence-corrected chi connectivity index (χ0v) is 12.1. The van der Waals surface area contributed by atoms with Crippen LogP contribution in [0.5, 0.6) is 0 Å². The van der Waals surface area contributed by atoms with E-state index in [4.69, 9.17) is 0 Å². The highest BCUT2D eigenvalue weighted by Crippen LogP contribution is 2.22. The van der Waals surface area contributed by atoms with Crippen molar-refractivity contribution >= 4 is 0 Å². The molecule has 2 aliphatic rings. The van der Waals surface area contributed by atoms with Crippen molar-refractivity contribution in [3.8, 4) is 0 Å². The normalized spacial score (nSPS) is 24.6. The molecule has 0 amide bonds. The van der Waals surface area contributed by atoms with E-state index in [0.717, 1.165) is 12.1 Å². The predicted molar refractivity (Wildman–Crippen MR) is 80.5 cm³/mol. The van der Waals surface area contributed by atoms with Crippen molar-refractivity contribution < 1.29 is 0 Å². The SMILES string of the molecule is Cc1cccc(CCN2CCCC(NC3CC3)C2)c1. The summed E-state index contributed by atoms with van der Waals surface area (Å²) >= 11 is 0. The zero-order valence-electron chi connectivity index (χ0n) is 12.1. The molecule has 1 saturated heterocycles. The van der Waals surface area contributed by atoms with E-state index in [2.05, 4.69) is 41.4 Å². The molecule has 0 spiro atoms. The second-order valence-electron chi connectivity index (χ2n) is 6.32. The van der Waals surface area contributed by atoms with Crippen molar-refractivity contribution in [3.05, 3.63) is 35.4 Å². The van der Waals surface area contributed by atoms with Gasteiger partial charge in [-0.05, 0) is 51.1 Å². The molecule has 0 aromatic heterocycles. The number of hydrogen-bond acceptors (Lipinski definition) is 2. The van der Waals surface area contributed by atoms with E-state index in [1.807, 2.05) is 0 Å². The maximum Gasteiger partial charge on any atom is 0.0198 e. The van der Waals surface area contributed by atoms with Crippen molar-refractivity contribution in [2.24, 2.45) is 0 Å². The minimum absolute atomic E-state index is 0.749. The maximum absolute atomic E-state index is 3.79. The van der Waals surface area contributed by atoms with E-state index in [-0.39, 0.29) is 0 Å².